The average molecular weight is 215 g/mol. The van der Waals surface area contributed by atoms with Crippen LogP contribution in [0.3, 0.4) is 0 Å². The van der Waals surface area contributed by atoms with Crippen LogP contribution in [-0.4, -0.2) is 48.8 Å². The maximum atomic E-state index is 11.2. The van der Waals surface area contributed by atoms with Gasteiger partial charge in [-0.05, 0) is 26.3 Å². The number of ether oxygens (including phenoxy) is 1. The fourth-order valence-electron chi connectivity index (χ4n) is 2.10. The predicted octanol–water partition coefficient (Wildman–Crippen LogP) is 1.21. The van der Waals surface area contributed by atoms with Gasteiger partial charge in [0.1, 0.15) is 0 Å². The number of rotatable bonds is 6. The third-order valence-corrected chi connectivity index (χ3v) is 3.32. The Morgan fingerprint density at radius 2 is 2.27 bits per heavy atom. The highest BCUT2D eigenvalue weighted by molar-refractivity contribution is 5.75. The number of nitrogens with zero attached hydrogens (tertiary/aromatic N) is 1. The first-order valence-electron chi connectivity index (χ1n) is 5.68. The molecule has 0 amide bonds. The van der Waals surface area contributed by atoms with Crippen molar-refractivity contribution in [2.24, 2.45) is 5.41 Å². The average Bonchev–Trinajstić information content (AvgIpc) is 2.63. The molecule has 1 atom stereocenters. The van der Waals surface area contributed by atoms with Crippen LogP contribution in [0.2, 0.25) is 0 Å². The second-order valence-electron chi connectivity index (χ2n) is 4.16. The van der Waals surface area contributed by atoms with Crippen LogP contribution in [0, 0.1) is 5.41 Å². The van der Waals surface area contributed by atoms with Crippen LogP contribution >= 0.6 is 0 Å². The van der Waals surface area contributed by atoms with Gasteiger partial charge >= 0.3 is 5.97 Å². The molecule has 1 aliphatic rings. The highest BCUT2D eigenvalue weighted by atomic mass is 16.5. The SMILES string of the molecule is CCOCCN1CCC(CC)(C(=O)O)C1. The fraction of sp³-hybridized carbons (Fsp3) is 0.909. The Morgan fingerprint density at radius 1 is 1.53 bits per heavy atom. The fourth-order valence-corrected chi connectivity index (χ4v) is 2.10. The van der Waals surface area contributed by atoms with E-state index in [-0.39, 0.29) is 0 Å². The Morgan fingerprint density at radius 3 is 2.73 bits per heavy atom. The first-order chi connectivity index (χ1) is 7.14. The van der Waals surface area contributed by atoms with Crippen LogP contribution in [-0.2, 0) is 9.53 Å². The zero-order chi connectivity index (χ0) is 11.3. The van der Waals surface area contributed by atoms with Gasteiger partial charge in [0.05, 0.1) is 12.0 Å². The zero-order valence-corrected chi connectivity index (χ0v) is 9.66. The number of carbonyl (C=O) groups is 1. The molecule has 0 radical (unpaired) electrons. The van der Waals surface area contributed by atoms with E-state index in [9.17, 15) is 9.90 Å². The molecule has 1 aliphatic heterocycles. The van der Waals surface area contributed by atoms with Crippen molar-refractivity contribution in [1.82, 2.24) is 4.90 Å². The van der Waals surface area contributed by atoms with E-state index in [1.54, 1.807) is 0 Å². The summed E-state index contributed by atoms with van der Waals surface area (Å²) >= 11 is 0. The molecule has 88 valence electrons. The van der Waals surface area contributed by atoms with Crippen molar-refractivity contribution in [1.29, 1.82) is 0 Å². The molecule has 1 saturated heterocycles. The van der Waals surface area contributed by atoms with Crippen molar-refractivity contribution in [2.45, 2.75) is 26.7 Å². The first kappa shape index (κ1) is 12.5. The van der Waals surface area contributed by atoms with E-state index in [0.29, 0.717) is 19.6 Å². The molecule has 0 spiro atoms. The van der Waals surface area contributed by atoms with E-state index in [4.69, 9.17) is 4.74 Å². The molecule has 1 N–H and O–H groups in total. The molecule has 0 aromatic carbocycles. The highest BCUT2D eigenvalue weighted by Gasteiger charge is 2.42. The van der Waals surface area contributed by atoms with Crippen LogP contribution in [0.25, 0.3) is 0 Å². The summed E-state index contributed by atoms with van der Waals surface area (Å²) in [6.07, 6.45) is 1.48. The minimum absolute atomic E-state index is 0.508. The maximum absolute atomic E-state index is 11.2. The van der Waals surface area contributed by atoms with Gasteiger partial charge in [0, 0.05) is 19.7 Å². The van der Waals surface area contributed by atoms with E-state index < -0.39 is 11.4 Å². The van der Waals surface area contributed by atoms with Crippen LogP contribution in [0.5, 0.6) is 0 Å². The van der Waals surface area contributed by atoms with Crippen LogP contribution < -0.4 is 0 Å². The monoisotopic (exact) mass is 215 g/mol. The second kappa shape index (κ2) is 5.47. The van der Waals surface area contributed by atoms with Gasteiger partial charge in [-0.3, -0.25) is 9.69 Å². The summed E-state index contributed by atoms with van der Waals surface area (Å²) in [6.45, 7) is 7.77. The van der Waals surface area contributed by atoms with Gasteiger partial charge in [-0.15, -0.1) is 0 Å². The van der Waals surface area contributed by atoms with Crippen molar-refractivity contribution in [3.63, 3.8) is 0 Å². The summed E-state index contributed by atoms with van der Waals surface area (Å²) in [5.41, 5.74) is -0.508. The Balaban J connectivity index is 2.39. The van der Waals surface area contributed by atoms with Gasteiger partial charge < -0.3 is 9.84 Å². The van der Waals surface area contributed by atoms with Gasteiger partial charge in [0.2, 0.25) is 0 Å². The normalized spacial score (nSPS) is 27.1. The standard InChI is InChI=1S/C11H21NO3/c1-3-11(10(13)14)5-6-12(9-11)7-8-15-4-2/h3-9H2,1-2H3,(H,13,14). The Kier molecular flexibility index (Phi) is 4.54. The highest BCUT2D eigenvalue weighted by Crippen LogP contribution is 2.33. The molecule has 0 aromatic rings. The smallest absolute Gasteiger partial charge is 0.310 e. The molecular formula is C11H21NO3. The Hall–Kier alpha value is -0.610. The summed E-state index contributed by atoms with van der Waals surface area (Å²) in [6, 6.07) is 0. The van der Waals surface area contributed by atoms with Gasteiger partial charge in [-0.1, -0.05) is 6.92 Å². The lowest BCUT2D eigenvalue weighted by atomic mass is 9.84. The van der Waals surface area contributed by atoms with Crippen LogP contribution in [0.4, 0.5) is 0 Å². The number of hydrogen-bond acceptors (Lipinski definition) is 3. The third-order valence-electron chi connectivity index (χ3n) is 3.32. The van der Waals surface area contributed by atoms with E-state index >= 15 is 0 Å². The van der Waals surface area contributed by atoms with Crippen LogP contribution in [0.15, 0.2) is 0 Å². The minimum Gasteiger partial charge on any atom is -0.481 e. The van der Waals surface area contributed by atoms with E-state index in [1.165, 1.54) is 0 Å². The van der Waals surface area contributed by atoms with Crippen molar-refractivity contribution >= 4 is 5.97 Å². The molecule has 0 aromatic heterocycles. The predicted molar refractivity (Wildman–Crippen MR) is 57.9 cm³/mol. The molecule has 0 saturated carbocycles. The molecule has 0 aliphatic carbocycles. The Bertz CT molecular complexity index is 220. The summed E-state index contributed by atoms with van der Waals surface area (Å²) in [4.78, 5) is 13.4. The molecule has 4 heteroatoms. The van der Waals surface area contributed by atoms with Gasteiger partial charge in [-0.2, -0.15) is 0 Å². The zero-order valence-electron chi connectivity index (χ0n) is 9.66. The van der Waals surface area contributed by atoms with Crippen molar-refractivity contribution in [2.75, 3.05) is 32.8 Å². The lowest BCUT2D eigenvalue weighted by Gasteiger charge is -2.22. The molecule has 4 nitrogen and oxygen atoms in total. The van der Waals surface area contributed by atoms with Crippen molar-refractivity contribution < 1.29 is 14.6 Å². The van der Waals surface area contributed by atoms with Gasteiger partial charge in [0.25, 0.3) is 0 Å². The van der Waals surface area contributed by atoms with Crippen LogP contribution in [0.1, 0.15) is 26.7 Å². The van der Waals surface area contributed by atoms with Crippen molar-refractivity contribution in [3.05, 3.63) is 0 Å². The van der Waals surface area contributed by atoms with E-state index in [2.05, 4.69) is 4.90 Å². The topological polar surface area (TPSA) is 49.8 Å². The van der Waals surface area contributed by atoms with Gasteiger partial charge in [-0.25, -0.2) is 0 Å². The molecule has 1 heterocycles. The number of likely N-dealkylation sites (tertiary alicyclic amines) is 1. The number of aliphatic carboxylic acids is 1. The van der Waals surface area contributed by atoms with E-state index in [0.717, 1.165) is 26.1 Å². The first-order valence-corrected chi connectivity index (χ1v) is 5.68. The van der Waals surface area contributed by atoms with Gasteiger partial charge in [0.15, 0.2) is 0 Å². The second-order valence-corrected chi connectivity index (χ2v) is 4.16. The summed E-state index contributed by atoms with van der Waals surface area (Å²) in [7, 11) is 0. The Labute approximate surface area is 91.2 Å². The number of carboxylic acids is 1. The van der Waals surface area contributed by atoms with E-state index in [1.807, 2.05) is 13.8 Å². The summed E-state index contributed by atoms with van der Waals surface area (Å²) < 4.78 is 5.27. The largest absolute Gasteiger partial charge is 0.481 e. The molecular weight excluding hydrogens is 194 g/mol. The molecule has 1 fully saturated rings. The number of carboxylic acid groups (broad SMARTS) is 1. The third kappa shape index (κ3) is 2.92. The maximum Gasteiger partial charge on any atom is 0.310 e. The molecule has 15 heavy (non-hydrogen) atoms. The summed E-state index contributed by atoms with van der Waals surface area (Å²) in [5, 5.41) is 9.20. The molecule has 1 rings (SSSR count). The molecule has 1 unspecified atom stereocenters. The molecule has 0 bridgehead atoms. The van der Waals surface area contributed by atoms with Crippen molar-refractivity contribution in [3.8, 4) is 0 Å². The quantitative estimate of drug-likeness (QED) is 0.677. The lowest BCUT2D eigenvalue weighted by molar-refractivity contribution is -0.148. The minimum atomic E-state index is -0.649. The lowest BCUT2D eigenvalue weighted by Crippen LogP contribution is -2.35. The number of hydrogen-bond donors (Lipinski definition) is 1. The summed E-state index contributed by atoms with van der Waals surface area (Å²) in [5.74, 6) is -0.649.